The monoisotopic (exact) mass is 337 g/mol. The van der Waals surface area contributed by atoms with Gasteiger partial charge in [0.1, 0.15) is 10.6 Å². The van der Waals surface area contributed by atoms with E-state index < -0.39 is 6.61 Å². The van der Waals surface area contributed by atoms with Crippen LogP contribution < -0.4 is 4.74 Å². The van der Waals surface area contributed by atoms with Crippen molar-refractivity contribution in [2.75, 3.05) is 0 Å². The molecule has 0 fully saturated rings. The first kappa shape index (κ1) is 15.5. The summed E-state index contributed by atoms with van der Waals surface area (Å²) >= 11 is 1.45. The van der Waals surface area contributed by atoms with Gasteiger partial charge in [0.2, 0.25) is 0 Å². The first-order chi connectivity index (χ1) is 11.1. The third-order valence-corrected chi connectivity index (χ3v) is 4.11. The molecule has 0 saturated heterocycles. The zero-order valence-electron chi connectivity index (χ0n) is 12.2. The van der Waals surface area contributed by atoms with Crippen molar-refractivity contribution < 1.29 is 18.0 Å². The zero-order chi connectivity index (χ0) is 16.2. The Labute approximate surface area is 134 Å². The highest BCUT2D eigenvalue weighted by molar-refractivity contribution is 7.13. The predicted molar refractivity (Wildman–Crippen MR) is 80.6 cm³/mol. The molecule has 0 spiro atoms. The van der Waals surface area contributed by atoms with E-state index in [0.29, 0.717) is 24.6 Å². The van der Waals surface area contributed by atoms with Gasteiger partial charge in [-0.2, -0.15) is 13.8 Å². The van der Waals surface area contributed by atoms with Gasteiger partial charge in [0.25, 0.3) is 5.89 Å². The molecule has 120 valence electrons. The smallest absolute Gasteiger partial charge is 0.387 e. The van der Waals surface area contributed by atoms with Crippen molar-refractivity contribution in [1.82, 2.24) is 15.1 Å². The van der Waals surface area contributed by atoms with Crippen molar-refractivity contribution >= 4 is 11.3 Å². The summed E-state index contributed by atoms with van der Waals surface area (Å²) in [6.45, 7) is -0.924. The van der Waals surface area contributed by atoms with E-state index in [1.54, 1.807) is 17.6 Å². The van der Waals surface area contributed by atoms with Crippen molar-refractivity contribution in [3.05, 3.63) is 46.9 Å². The lowest BCUT2D eigenvalue weighted by Gasteiger charge is -2.05. The Hall–Kier alpha value is -2.35. The number of halogens is 2. The molecule has 23 heavy (non-hydrogen) atoms. The molecule has 0 aliphatic carbocycles. The van der Waals surface area contributed by atoms with Gasteiger partial charge in [-0.25, -0.2) is 4.98 Å². The summed E-state index contributed by atoms with van der Waals surface area (Å²) in [5.41, 5.74) is 3.57. The second-order valence-electron chi connectivity index (χ2n) is 4.81. The number of aromatic nitrogens is 3. The number of thiazole rings is 1. The van der Waals surface area contributed by atoms with Gasteiger partial charge in [0.15, 0.2) is 5.82 Å². The summed E-state index contributed by atoms with van der Waals surface area (Å²) < 4.78 is 33.7. The molecule has 0 amide bonds. The highest BCUT2D eigenvalue weighted by Crippen LogP contribution is 2.25. The van der Waals surface area contributed by atoms with Gasteiger partial charge < -0.3 is 9.26 Å². The molecular weight excluding hydrogens is 324 g/mol. The molecule has 0 N–H and O–H groups in total. The predicted octanol–water partition coefficient (Wildman–Crippen LogP) is 3.89. The van der Waals surface area contributed by atoms with Crippen LogP contribution in [0.4, 0.5) is 8.78 Å². The van der Waals surface area contributed by atoms with Crippen LogP contribution in [-0.4, -0.2) is 21.7 Å². The maximum absolute atomic E-state index is 12.1. The highest BCUT2D eigenvalue weighted by atomic mass is 32.1. The van der Waals surface area contributed by atoms with E-state index in [1.807, 2.05) is 6.92 Å². The fraction of sp³-hybridized carbons (Fsp3) is 0.267. The van der Waals surface area contributed by atoms with Gasteiger partial charge in [-0.05, 0) is 31.0 Å². The minimum atomic E-state index is -2.81. The Morgan fingerprint density at radius 1 is 1.22 bits per heavy atom. The number of hydrogen-bond donors (Lipinski definition) is 0. The molecule has 3 rings (SSSR count). The van der Waals surface area contributed by atoms with E-state index in [-0.39, 0.29) is 5.75 Å². The molecule has 2 heterocycles. The number of benzene rings is 1. The number of rotatable bonds is 6. The minimum absolute atomic E-state index is 0.145. The molecule has 5 nitrogen and oxygen atoms in total. The fourth-order valence-corrected chi connectivity index (χ4v) is 2.77. The molecule has 0 aliphatic heterocycles. The maximum Gasteiger partial charge on any atom is 0.387 e. The van der Waals surface area contributed by atoms with Crippen molar-refractivity contribution in [2.45, 2.75) is 26.4 Å². The fourth-order valence-electron chi connectivity index (χ4n) is 2.05. The summed E-state index contributed by atoms with van der Waals surface area (Å²) in [4.78, 5) is 9.38. The van der Waals surface area contributed by atoms with Crippen LogP contribution in [0.1, 0.15) is 17.1 Å². The number of nitrogens with zero attached hydrogens (tertiary/aromatic N) is 3. The van der Waals surface area contributed by atoms with Crippen LogP contribution in [0.2, 0.25) is 0 Å². The second-order valence-corrected chi connectivity index (χ2v) is 5.66. The van der Waals surface area contributed by atoms with Gasteiger partial charge in [-0.1, -0.05) is 17.3 Å². The third-order valence-electron chi connectivity index (χ3n) is 3.19. The second kappa shape index (κ2) is 6.82. The van der Waals surface area contributed by atoms with Crippen LogP contribution in [-0.2, 0) is 12.8 Å². The lowest BCUT2D eigenvalue weighted by molar-refractivity contribution is -0.0498. The summed E-state index contributed by atoms with van der Waals surface area (Å²) in [7, 11) is 0. The van der Waals surface area contributed by atoms with E-state index in [1.165, 1.54) is 23.5 Å². The molecule has 0 saturated carbocycles. The van der Waals surface area contributed by atoms with Gasteiger partial charge >= 0.3 is 6.61 Å². The number of ether oxygens (including phenoxy) is 1. The van der Waals surface area contributed by atoms with E-state index in [9.17, 15) is 8.78 Å². The molecule has 3 aromatic rings. The Morgan fingerprint density at radius 3 is 2.65 bits per heavy atom. The van der Waals surface area contributed by atoms with Crippen LogP contribution >= 0.6 is 11.3 Å². The van der Waals surface area contributed by atoms with Gasteiger partial charge in [0, 0.05) is 6.42 Å². The minimum Gasteiger partial charge on any atom is -0.435 e. The Kier molecular flexibility index (Phi) is 4.61. The van der Waals surface area contributed by atoms with Crippen molar-refractivity contribution in [2.24, 2.45) is 0 Å². The third kappa shape index (κ3) is 3.89. The summed E-state index contributed by atoms with van der Waals surface area (Å²) in [5, 5.41) is 3.95. The summed E-state index contributed by atoms with van der Waals surface area (Å²) in [5.74, 6) is 1.22. The Balaban J connectivity index is 1.60. The molecule has 0 aliphatic rings. The number of hydrogen-bond acceptors (Lipinski definition) is 6. The molecule has 8 heteroatoms. The maximum atomic E-state index is 12.1. The molecular formula is C15H13F2N3O2S. The topological polar surface area (TPSA) is 61.0 Å². The normalized spacial score (nSPS) is 11.1. The first-order valence-corrected chi connectivity index (χ1v) is 7.76. The SMILES string of the molecule is Cc1ncsc1-c1nc(CCc2ccc(OC(F)F)cc2)no1. The zero-order valence-corrected chi connectivity index (χ0v) is 13.0. The summed E-state index contributed by atoms with van der Waals surface area (Å²) in [6, 6.07) is 6.52. The van der Waals surface area contributed by atoms with Crippen molar-refractivity contribution in [1.29, 1.82) is 0 Å². The van der Waals surface area contributed by atoms with Crippen molar-refractivity contribution in [3.8, 4) is 16.5 Å². The van der Waals surface area contributed by atoms with Gasteiger partial charge in [-0.15, -0.1) is 11.3 Å². The van der Waals surface area contributed by atoms with E-state index in [0.717, 1.165) is 16.1 Å². The largest absolute Gasteiger partial charge is 0.435 e. The molecule has 0 bridgehead atoms. The Bertz CT molecular complexity index is 771. The number of aryl methyl sites for hydroxylation is 3. The van der Waals surface area contributed by atoms with Crippen molar-refractivity contribution in [3.63, 3.8) is 0 Å². The van der Waals surface area contributed by atoms with Crippen LogP contribution in [0.15, 0.2) is 34.3 Å². The Morgan fingerprint density at radius 2 is 2.00 bits per heavy atom. The summed E-state index contributed by atoms with van der Waals surface area (Å²) in [6.07, 6.45) is 1.27. The van der Waals surface area contributed by atoms with Gasteiger partial charge in [-0.3, -0.25) is 0 Å². The van der Waals surface area contributed by atoms with Crippen LogP contribution in [0.5, 0.6) is 5.75 Å². The number of alkyl halides is 2. The van der Waals surface area contributed by atoms with E-state index in [2.05, 4.69) is 19.9 Å². The standard InChI is InChI=1S/C15H13F2N3O2S/c1-9-13(23-8-18-9)14-19-12(20-22-14)7-4-10-2-5-11(6-3-10)21-15(16)17/h2-3,5-6,8,15H,4,7H2,1H3. The average molecular weight is 337 g/mol. The quantitative estimate of drug-likeness (QED) is 0.683. The lowest BCUT2D eigenvalue weighted by Crippen LogP contribution is -2.01. The average Bonchev–Trinajstić information content (AvgIpc) is 3.14. The lowest BCUT2D eigenvalue weighted by atomic mass is 10.1. The van der Waals surface area contributed by atoms with Crippen LogP contribution in [0, 0.1) is 6.92 Å². The molecule has 0 unspecified atom stereocenters. The molecule has 1 aromatic carbocycles. The molecule has 0 atom stereocenters. The van der Waals surface area contributed by atoms with Crippen LogP contribution in [0.25, 0.3) is 10.8 Å². The first-order valence-electron chi connectivity index (χ1n) is 6.88. The van der Waals surface area contributed by atoms with Crippen LogP contribution in [0.3, 0.4) is 0 Å². The van der Waals surface area contributed by atoms with E-state index >= 15 is 0 Å². The molecule has 0 radical (unpaired) electrons. The highest BCUT2D eigenvalue weighted by Gasteiger charge is 2.13. The molecule has 2 aromatic heterocycles. The van der Waals surface area contributed by atoms with E-state index in [4.69, 9.17) is 4.52 Å². The van der Waals surface area contributed by atoms with Gasteiger partial charge in [0.05, 0.1) is 11.2 Å².